The third kappa shape index (κ3) is 3.11. The van der Waals surface area contributed by atoms with Gasteiger partial charge < -0.3 is 10.2 Å². The van der Waals surface area contributed by atoms with E-state index in [9.17, 15) is 4.79 Å². The molecule has 0 unspecified atom stereocenters. The number of hydrogen-bond donors (Lipinski definition) is 2. The van der Waals surface area contributed by atoms with Gasteiger partial charge in [-0.3, -0.25) is 14.9 Å². The number of nitrogens with zero attached hydrogens (tertiary/aromatic N) is 4. The molecule has 2 rings (SSSR count). The van der Waals surface area contributed by atoms with Crippen LogP contribution in [-0.2, 0) is 6.54 Å². The number of pyridine rings is 1. The zero-order chi connectivity index (χ0) is 14.5. The highest BCUT2D eigenvalue weighted by Gasteiger charge is 2.17. The standard InChI is InChI=1S/C13H18N6O/c1-4-15-11-5-6-14-7-10(11)13(20)19(3)8-12-16-9(2)17-18-12/h5-7H,4,8H2,1-3H3,(H,14,15)(H,16,17,18). The largest absolute Gasteiger partial charge is 0.385 e. The monoisotopic (exact) mass is 274 g/mol. The Balaban J connectivity index is 2.14. The van der Waals surface area contributed by atoms with Crippen LogP contribution in [0.5, 0.6) is 0 Å². The quantitative estimate of drug-likeness (QED) is 0.856. The van der Waals surface area contributed by atoms with Crippen LogP contribution < -0.4 is 5.32 Å². The smallest absolute Gasteiger partial charge is 0.257 e. The van der Waals surface area contributed by atoms with Gasteiger partial charge in [-0.05, 0) is 19.9 Å². The van der Waals surface area contributed by atoms with E-state index in [0.717, 1.165) is 18.1 Å². The fraction of sp³-hybridized carbons (Fsp3) is 0.385. The number of carbonyl (C=O) groups is 1. The number of carbonyl (C=O) groups excluding carboxylic acids is 1. The molecule has 0 saturated carbocycles. The second-order valence-corrected chi connectivity index (χ2v) is 4.45. The Bertz CT molecular complexity index is 594. The predicted molar refractivity (Wildman–Crippen MR) is 75.3 cm³/mol. The van der Waals surface area contributed by atoms with E-state index in [0.29, 0.717) is 17.9 Å². The Morgan fingerprint density at radius 1 is 1.50 bits per heavy atom. The molecule has 2 aromatic heterocycles. The van der Waals surface area contributed by atoms with Gasteiger partial charge in [0.1, 0.15) is 5.82 Å². The summed E-state index contributed by atoms with van der Waals surface area (Å²) in [7, 11) is 1.72. The van der Waals surface area contributed by atoms with Crippen molar-refractivity contribution in [3.63, 3.8) is 0 Å². The van der Waals surface area contributed by atoms with E-state index in [4.69, 9.17) is 0 Å². The molecule has 2 aromatic rings. The van der Waals surface area contributed by atoms with Crippen LogP contribution in [0.4, 0.5) is 5.69 Å². The van der Waals surface area contributed by atoms with Crippen molar-refractivity contribution in [2.75, 3.05) is 18.9 Å². The zero-order valence-electron chi connectivity index (χ0n) is 11.8. The minimum absolute atomic E-state index is 0.114. The Hall–Kier alpha value is -2.44. The second kappa shape index (κ2) is 6.14. The molecule has 0 bridgehead atoms. The number of aromatic nitrogens is 4. The summed E-state index contributed by atoms with van der Waals surface area (Å²) < 4.78 is 0. The molecule has 0 fully saturated rings. The summed E-state index contributed by atoms with van der Waals surface area (Å²) in [6, 6.07) is 1.79. The molecule has 0 aromatic carbocycles. The van der Waals surface area contributed by atoms with E-state index in [1.807, 2.05) is 13.8 Å². The molecule has 0 radical (unpaired) electrons. The van der Waals surface area contributed by atoms with Gasteiger partial charge in [-0.2, -0.15) is 5.10 Å². The molecule has 7 heteroatoms. The fourth-order valence-electron chi connectivity index (χ4n) is 1.86. The van der Waals surface area contributed by atoms with Gasteiger partial charge in [-0.15, -0.1) is 0 Å². The summed E-state index contributed by atoms with van der Waals surface area (Å²) in [4.78, 5) is 22.2. The van der Waals surface area contributed by atoms with Crippen LogP contribution in [0, 0.1) is 6.92 Å². The maximum atomic E-state index is 12.4. The molecule has 0 aliphatic heterocycles. The lowest BCUT2D eigenvalue weighted by Crippen LogP contribution is -2.27. The number of amides is 1. The third-order valence-corrected chi connectivity index (χ3v) is 2.79. The van der Waals surface area contributed by atoms with Gasteiger partial charge in [0.2, 0.25) is 0 Å². The number of rotatable bonds is 5. The van der Waals surface area contributed by atoms with Crippen LogP contribution in [0.1, 0.15) is 28.9 Å². The molecule has 2 N–H and O–H groups in total. The van der Waals surface area contributed by atoms with E-state index in [-0.39, 0.29) is 5.91 Å². The van der Waals surface area contributed by atoms with Crippen molar-refractivity contribution in [3.8, 4) is 0 Å². The van der Waals surface area contributed by atoms with Crippen LogP contribution in [0.2, 0.25) is 0 Å². The molecule has 0 aliphatic rings. The molecule has 0 atom stereocenters. The number of aromatic amines is 1. The molecule has 106 valence electrons. The number of aryl methyl sites for hydroxylation is 1. The lowest BCUT2D eigenvalue weighted by atomic mass is 10.2. The van der Waals surface area contributed by atoms with E-state index in [1.54, 1.807) is 30.4 Å². The van der Waals surface area contributed by atoms with Crippen molar-refractivity contribution >= 4 is 11.6 Å². The minimum atomic E-state index is -0.114. The molecule has 0 aliphatic carbocycles. The van der Waals surface area contributed by atoms with Gasteiger partial charge in [0.05, 0.1) is 17.8 Å². The topological polar surface area (TPSA) is 86.8 Å². The molecule has 1 amide bonds. The van der Waals surface area contributed by atoms with E-state index in [2.05, 4.69) is 25.5 Å². The van der Waals surface area contributed by atoms with Crippen LogP contribution in [0.3, 0.4) is 0 Å². The molecule has 20 heavy (non-hydrogen) atoms. The van der Waals surface area contributed by atoms with Gasteiger partial charge in [-0.25, -0.2) is 4.98 Å². The van der Waals surface area contributed by atoms with Crippen LogP contribution in [-0.4, -0.2) is 44.6 Å². The molecule has 0 saturated heterocycles. The van der Waals surface area contributed by atoms with Crippen molar-refractivity contribution in [2.24, 2.45) is 0 Å². The maximum Gasteiger partial charge on any atom is 0.257 e. The number of H-pyrrole nitrogens is 1. The highest BCUT2D eigenvalue weighted by molar-refractivity contribution is 5.99. The predicted octanol–water partition coefficient (Wildman–Crippen LogP) is 1.21. The second-order valence-electron chi connectivity index (χ2n) is 4.45. The molecule has 0 spiro atoms. The fourth-order valence-corrected chi connectivity index (χ4v) is 1.86. The lowest BCUT2D eigenvalue weighted by molar-refractivity contribution is 0.0782. The zero-order valence-corrected chi connectivity index (χ0v) is 11.8. The van der Waals surface area contributed by atoms with Crippen molar-refractivity contribution in [1.29, 1.82) is 0 Å². The van der Waals surface area contributed by atoms with Gasteiger partial charge in [-0.1, -0.05) is 0 Å². The van der Waals surface area contributed by atoms with Gasteiger partial charge >= 0.3 is 0 Å². The number of nitrogens with one attached hydrogen (secondary N) is 2. The van der Waals surface area contributed by atoms with Gasteiger partial charge in [0.15, 0.2) is 5.82 Å². The first-order chi connectivity index (χ1) is 9.61. The van der Waals surface area contributed by atoms with Crippen LogP contribution in [0.15, 0.2) is 18.5 Å². The normalized spacial score (nSPS) is 10.3. The van der Waals surface area contributed by atoms with Crippen LogP contribution >= 0.6 is 0 Å². The SMILES string of the molecule is CCNc1ccncc1C(=O)N(C)Cc1n[nH]c(C)n1. The number of anilines is 1. The summed E-state index contributed by atoms with van der Waals surface area (Å²) >= 11 is 0. The van der Waals surface area contributed by atoms with Crippen molar-refractivity contribution in [3.05, 3.63) is 35.7 Å². The highest BCUT2D eigenvalue weighted by atomic mass is 16.2. The first kappa shape index (κ1) is 14.0. The molecular weight excluding hydrogens is 256 g/mol. The summed E-state index contributed by atoms with van der Waals surface area (Å²) in [6.45, 7) is 4.90. The third-order valence-electron chi connectivity index (χ3n) is 2.79. The van der Waals surface area contributed by atoms with Gasteiger partial charge in [0, 0.05) is 26.0 Å². The minimum Gasteiger partial charge on any atom is -0.385 e. The Morgan fingerprint density at radius 3 is 2.95 bits per heavy atom. The lowest BCUT2D eigenvalue weighted by Gasteiger charge is -2.17. The summed E-state index contributed by atoms with van der Waals surface area (Å²) in [6.07, 6.45) is 3.23. The van der Waals surface area contributed by atoms with Crippen molar-refractivity contribution in [2.45, 2.75) is 20.4 Å². The van der Waals surface area contributed by atoms with Crippen LogP contribution in [0.25, 0.3) is 0 Å². The summed E-state index contributed by atoms with van der Waals surface area (Å²) in [5.41, 5.74) is 1.33. The molecule has 7 nitrogen and oxygen atoms in total. The Morgan fingerprint density at radius 2 is 2.30 bits per heavy atom. The summed E-state index contributed by atoms with van der Waals surface area (Å²) in [5.74, 6) is 1.21. The average Bonchev–Trinajstić information content (AvgIpc) is 2.84. The van der Waals surface area contributed by atoms with E-state index in [1.165, 1.54) is 0 Å². The Labute approximate surface area is 117 Å². The number of hydrogen-bond acceptors (Lipinski definition) is 5. The van der Waals surface area contributed by atoms with Crippen molar-refractivity contribution in [1.82, 2.24) is 25.1 Å². The molecular formula is C13H18N6O. The first-order valence-corrected chi connectivity index (χ1v) is 6.43. The maximum absolute atomic E-state index is 12.4. The highest BCUT2D eigenvalue weighted by Crippen LogP contribution is 2.15. The Kier molecular flexibility index (Phi) is 4.29. The van der Waals surface area contributed by atoms with E-state index >= 15 is 0 Å². The van der Waals surface area contributed by atoms with E-state index < -0.39 is 0 Å². The van der Waals surface area contributed by atoms with Crippen molar-refractivity contribution < 1.29 is 4.79 Å². The first-order valence-electron chi connectivity index (χ1n) is 6.43. The average molecular weight is 274 g/mol. The molecule has 2 heterocycles. The summed E-state index contributed by atoms with van der Waals surface area (Å²) in [5, 5.41) is 9.94. The van der Waals surface area contributed by atoms with Gasteiger partial charge in [0.25, 0.3) is 5.91 Å².